The molecule has 0 spiro atoms. The second-order valence-electron chi connectivity index (χ2n) is 26.3. The van der Waals surface area contributed by atoms with Crippen molar-refractivity contribution in [3.8, 4) is 0 Å². The molecule has 100 heavy (non-hydrogen) atoms. The molecule has 0 aromatic rings. The molecular formula is C81H142O17P2. The Morgan fingerprint density at radius 1 is 0.290 bits per heavy atom. The summed E-state index contributed by atoms with van der Waals surface area (Å²) in [5.74, 6) is -2.20. The molecule has 0 bridgehead atoms. The Morgan fingerprint density at radius 3 is 0.860 bits per heavy atom. The van der Waals surface area contributed by atoms with Gasteiger partial charge in [-0.15, -0.1) is 0 Å². The van der Waals surface area contributed by atoms with Crippen molar-refractivity contribution >= 4 is 39.5 Å². The van der Waals surface area contributed by atoms with Gasteiger partial charge in [0.25, 0.3) is 0 Å². The van der Waals surface area contributed by atoms with Crippen LogP contribution < -0.4 is 0 Å². The van der Waals surface area contributed by atoms with Gasteiger partial charge in [0.1, 0.15) is 19.3 Å². The lowest BCUT2D eigenvalue weighted by molar-refractivity contribution is -0.161. The lowest BCUT2D eigenvalue weighted by Crippen LogP contribution is -2.30. The molecule has 0 aliphatic rings. The molecule has 0 aliphatic heterocycles. The summed E-state index contributed by atoms with van der Waals surface area (Å²) in [6, 6.07) is 0. The van der Waals surface area contributed by atoms with E-state index >= 15 is 0 Å². The van der Waals surface area contributed by atoms with Gasteiger partial charge in [0.05, 0.1) is 26.4 Å². The molecule has 0 amide bonds. The lowest BCUT2D eigenvalue weighted by Gasteiger charge is -2.21. The second-order valence-corrected chi connectivity index (χ2v) is 29.2. The minimum absolute atomic E-state index is 0.0756. The Morgan fingerprint density at radius 2 is 0.540 bits per heavy atom. The number of aliphatic hydroxyl groups excluding tert-OH is 1. The van der Waals surface area contributed by atoms with Crippen LogP contribution in [0.2, 0.25) is 0 Å². The van der Waals surface area contributed by atoms with E-state index in [-0.39, 0.29) is 25.7 Å². The van der Waals surface area contributed by atoms with Crippen molar-refractivity contribution in [3.63, 3.8) is 0 Å². The Balaban J connectivity index is 5.35. The minimum atomic E-state index is -4.98. The summed E-state index contributed by atoms with van der Waals surface area (Å²) < 4.78 is 68.5. The molecule has 0 fully saturated rings. The number of unbranched alkanes of at least 4 members (excludes halogenated alkanes) is 32. The van der Waals surface area contributed by atoms with E-state index in [1.165, 1.54) is 70.6 Å². The number of ether oxygens (including phenoxy) is 4. The highest BCUT2D eigenvalue weighted by Gasteiger charge is 2.30. The molecule has 0 rings (SSSR count). The third-order valence-electron chi connectivity index (χ3n) is 16.5. The number of hydrogen-bond donors (Lipinski definition) is 3. The molecule has 0 aromatic heterocycles. The highest BCUT2D eigenvalue weighted by atomic mass is 31.2. The Kier molecular flexibility index (Phi) is 70.4. The number of allylic oxidation sites excluding steroid dienone is 16. The molecule has 0 saturated carbocycles. The molecular weight excluding hydrogens is 1310 g/mol. The zero-order valence-corrected chi connectivity index (χ0v) is 64.9. The topological polar surface area (TPSA) is 237 Å². The number of hydrogen-bond acceptors (Lipinski definition) is 15. The predicted molar refractivity (Wildman–Crippen MR) is 409 cm³/mol. The monoisotopic (exact) mass is 1450 g/mol. The average molecular weight is 1450 g/mol. The summed E-state index contributed by atoms with van der Waals surface area (Å²) in [4.78, 5) is 72.9. The van der Waals surface area contributed by atoms with E-state index in [4.69, 9.17) is 37.0 Å². The smallest absolute Gasteiger partial charge is 0.462 e. The summed E-state index contributed by atoms with van der Waals surface area (Å²) in [5, 5.41) is 10.6. The molecule has 578 valence electrons. The first-order valence-electron chi connectivity index (χ1n) is 39.5. The fourth-order valence-electron chi connectivity index (χ4n) is 10.5. The van der Waals surface area contributed by atoms with Crippen LogP contribution >= 0.6 is 15.6 Å². The molecule has 17 nitrogen and oxygen atoms in total. The quantitative estimate of drug-likeness (QED) is 0.0169. The lowest BCUT2D eigenvalue weighted by atomic mass is 10.0. The van der Waals surface area contributed by atoms with E-state index in [9.17, 15) is 43.2 Å². The van der Waals surface area contributed by atoms with Crippen molar-refractivity contribution in [2.75, 3.05) is 39.6 Å². The fraction of sp³-hybridized carbons (Fsp3) is 0.753. The van der Waals surface area contributed by atoms with E-state index < -0.39 is 97.5 Å². The van der Waals surface area contributed by atoms with Gasteiger partial charge < -0.3 is 33.8 Å². The highest BCUT2D eigenvalue weighted by Crippen LogP contribution is 2.45. The maximum Gasteiger partial charge on any atom is 0.472 e. The molecule has 0 heterocycles. The molecule has 19 heteroatoms. The van der Waals surface area contributed by atoms with Gasteiger partial charge in [0.2, 0.25) is 0 Å². The molecule has 0 aromatic carbocycles. The molecule has 0 radical (unpaired) electrons. The van der Waals surface area contributed by atoms with E-state index in [1.807, 2.05) is 0 Å². The Hall–Kier alpha value is -4.02. The number of esters is 4. The number of carbonyl (C=O) groups excluding carboxylic acids is 4. The van der Waals surface area contributed by atoms with Crippen LogP contribution in [0, 0.1) is 0 Å². The number of aliphatic hydroxyl groups is 1. The SMILES string of the molecule is CC/C=C\C/C=C\C/C=C\C/C=C\CCCCCCCCC(=O)OCC(COP(=O)(O)OCC(O)COP(=O)(O)OCC(COC(=O)CCCCCCC/C=C\C/C=C\CCC)OC(=O)CCCCCCCCCCCCCCC)OC(=O)CCCCCCC/C=C\C/C=C\CCCCC. The number of phosphoric ester groups is 2. The van der Waals surface area contributed by atoms with Gasteiger partial charge in [-0.05, 0) is 122 Å². The van der Waals surface area contributed by atoms with E-state index in [2.05, 4.69) is 125 Å². The molecule has 5 atom stereocenters. The average Bonchev–Trinajstić information content (AvgIpc) is 0.946. The summed E-state index contributed by atoms with van der Waals surface area (Å²) in [6.45, 7) is 4.66. The van der Waals surface area contributed by atoms with Crippen LogP contribution in [0.15, 0.2) is 97.2 Å². The van der Waals surface area contributed by atoms with Crippen LogP contribution in [0.1, 0.15) is 336 Å². The first-order chi connectivity index (χ1) is 48.7. The van der Waals surface area contributed by atoms with Gasteiger partial charge in [-0.2, -0.15) is 0 Å². The van der Waals surface area contributed by atoms with Crippen LogP contribution in [-0.4, -0.2) is 96.7 Å². The minimum Gasteiger partial charge on any atom is -0.462 e. The third-order valence-corrected chi connectivity index (χ3v) is 18.4. The summed E-state index contributed by atoms with van der Waals surface area (Å²) in [7, 11) is -9.96. The Labute approximate surface area is 607 Å². The number of rotatable bonds is 74. The summed E-state index contributed by atoms with van der Waals surface area (Å²) in [5.41, 5.74) is 0. The van der Waals surface area contributed by atoms with E-state index in [0.717, 1.165) is 186 Å². The Bertz CT molecular complexity index is 2270. The highest BCUT2D eigenvalue weighted by molar-refractivity contribution is 7.47. The molecule has 0 saturated heterocycles. The maximum atomic E-state index is 13.1. The van der Waals surface area contributed by atoms with Crippen molar-refractivity contribution in [1.82, 2.24) is 0 Å². The van der Waals surface area contributed by atoms with Gasteiger partial charge in [0.15, 0.2) is 12.2 Å². The zero-order valence-electron chi connectivity index (χ0n) is 63.1. The normalized spacial score (nSPS) is 14.4. The van der Waals surface area contributed by atoms with Crippen molar-refractivity contribution in [1.29, 1.82) is 0 Å². The van der Waals surface area contributed by atoms with Crippen molar-refractivity contribution < 1.29 is 80.2 Å². The van der Waals surface area contributed by atoms with Crippen molar-refractivity contribution in [2.24, 2.45) is 0 Å². The summed E-state index contributed by atoms with van der Waals surface area (Å²) in [6.07, 6.45) is 76.7. The van der Waals surface area contributed by atoms with Crippen LogP contribution in [0.3, 0.4) is 0 Å². The molecule has 0 aliphatic carbocycles. The third kappa shape index (κ3) is 72.3. The van der Waals surface area contributed by atoms with Crippen LogP contribution in [0.5, 0.6) is 0 Å². The number of carbonyl (C=O) groups is 4. The first kappa shape index (κ1) is 96.0. The van der Waals surface area contributed by atoms with Gasteiger partial charge in [-0.25, -0.2) is 9.13 Å². The predicted octanol–water partition coefficient (Wildman–Crippen LogP) is 22.8. The van der Waals surface area contributed by atoms with Gasteiger partial charge in [-0.3, -0.25) is 37.3 Å². The van der Waals surface area contributed by atoms with E-state index in [1.54, 1.807) is 0 Å². The van der Waals surface area contributed by atoms with Crippen molar-refractivity contribution in [2.45, 2.75) is 354 Å². The number of phosphoric acid groups is 2. The molecule has 3 N–H and O–H groups in total. The van der Waals surface area contributed by atoms with Crippen molar-refractivity contribution in [3.05, 3.63) is 97.2 Å². The van der Waals surface area contributed by atoms with Gasteiger partial charge >= 0.3 is 39.5 Å². The first-order valence-corrected chi connectivity index (χ1v) is 42.5. The van der Waals surface area contributed by atoms with Crippen LogP contribution in [0.25, 0.3) is 0 Å². The fourth-order valence-corrected chi connectivity index (χ4v) is 12.1. The summed E-state index contributed by atoms with van der Waals surface area (Å²) >= 11 is 0. The standard InChI is InChI=1S/C81H142O17P2/c1-5-9-13-17-21-25-29-33-35-36-37-38-40-43-46-50-54-58-62-66-79(84)92-72-77(98-81(86)68-64-60-56-52-48-44-39-34-30-26-22-18-14-10-6-2)74-96-100(89,90)94-70-75(82)69-93-99(87,88)95-73-76(97-80(85)67-63-59-55-51-47-42-32-28-24-20-16-12-8-4)71-91-78(83)65-61-57-53-49-45-41-31-27-23-19-15-11-7-3/h9,13,15,19,21-22,25-27,31,33-35,37-39,75-77,82H,5-8,10-12,14,16-18,20,23-24,28-30,32,36,40-74H2,1-4H3,(H,87,88)(H,89,90)/b13-9-,19-15-,25-21-,26-22-,31-27-,35-33-,38-37-,39-34-. The second kappa shape index (κ2) is 73.3. The largest absolute Gasteiger partial charge is 0.472 e. The van der Waals surface area contributed by atoms with Crippen LogP contribution in [0.4, 0.5) is 0 Å². The van der Waals surface area contributed by atoms with Crippen LogP contribution in [-0.2, 0) is 65.4 Å². The van der Waals surface area contributed by atoms with Gasteiger partial charge in [0, 0.05) is 25.7 Å². The van der Waals surface area contributed by atoms with Gasteiger partial charge in [-0.1, -0.05) is 285 Å². The van der Waals surface area contributed by atoms with E-state index in [0.29, 0.717) is 25.7 Å². The maximum absolute atomic E-state index is 13.1. The zero-order chi connectivity index (χ0) is 73.2. The molecule has 5 unspecified atom stereocenters.